The molecule has 3 nitrogen and oxygen atoms in total. The highest BCUT2D eigenvalue weighted by molar-refractivity contribution is 5.82. The van der Waals surface area contributed by atoms with Crippen molar-refractivity contribution >= 4 is 5.97 Å². The van der Waals surface area contributed by atoms with Crippen LogP contribution in [0, 0.1) is 40.0 Å². The fraction of sp³-hybridized carbons (Fsp3) is 0.562. The minimum atomic E-state index is -6.18. The van der Waals surface area contributed by atoms with Gasteiger partial charge in [0.05, 0.1) is 17.6 Å². The first kappa shape index (κ1) is 23.2. The molecule has 0 amide bonds. The Balaban J connectivity index is 2.76. The zero-order valence-electron chi connectivity index (χ0n) is 14.5. The third-order valence-electron chi connectivity index (χ3n) is 5.47. The normalized spacial score (nSPS) is 23.9. The van der Waals surface area contributed by atoms with Gasteiger partial charge < -0.3 is 9.84 Å². The Morgan fingerprint density at radius 1 is 0.931 bits per heavy atom. The summed E-state index contributed by atoms with van der Waals surface area (Å²) in [5, 5.41) is 9.20. The van der Waals surface area contributed by atoms with Crippen LogP contribution in [0.1, 0.15) is 18.1 Å². The summed E-state index contributed by atoms with van der Waals surface area (Å²) in [6.07, 6.45) is -14.4. The number of benzene rings is 1. The SMILES string of the molecule is COCc1c(F)c(F)c(CC2(C(=O)O)C(C)C2(C(F)(F)F)C(F)(F)F)c(F)c1F. The Bertz CT molecular complexity index is 802. The number of rotatable bonds is 5. The number of carboxylic acids is 1. The lowest BCUT2D eigenvalue weighted by molar-refractivity contribution is -0.315. The van der Waals surface area contributed by atoms with Crippen molar-refractivity contribution in [3.8, 4) is 0 Å². The Hall–Kier alpha value is -2.05. The summed E-state index contributed by atoms with van der Waals surface area (Å²) in [4.78, 5) is 11.5. The van der Waals surface area contributed by atoms with E-state index in [-0.39, 0.29) is 6.92 Å². The molecule has 1 aromatic rings. The average Bonchev–Trinajstić information content (AvgIpc) is 3.15. The van der Waals surface area contributed by atoms with E-state index in [9.17, 15) is 53.8 Å². The monoisotopic (exact) mass is 442 g/mol. The van der Waals surface area contributed by atoms with Gasteiger partial charge in [0, 0.05) is 12.7 Å². The third kappa shape index (κ3) is 2.80. The van der Waals surface area contributed by atoms with Crippen LogP contribution in [0.2, 0.25) is 0 Å². The van der Waals surface area contributed by atoms with Gasteiger partial charge in [-0.3, -0.25) is 4.79 Å². The summed E-state index contributed by atoms with van der Waals surface area (Å²) in [5.74, 6) is -14.2. The molecule has 13 heteroatoms. The van der Waals surface area contributed by atoms with Crippen molar-refractivity contribution in [2.75, 3.05) is 7.11 Å². The van der Waals surface area contributed by atoms with Gasteiger partial charge in [-0.05, 0) is 12.3 Å². The molecule has 0 aromatic heterocycles. The lowest BCUT2D eigenvalue weighted by Gasteiger charge is -2.28. The van der Waals surface area contributed by atoms with Gasteiger partial charge in [-0.1, -0.05) is 6.92 Å². The maximum atomic E-state index is 14.2. The highest BCUT2D eigenvalue weighted by Crippen LogP contribution is 2.82. The van der Waals surface area contributed by atoms with E-state index in [1.807, 2.05) is 0 Å². The maximum absolute atomic E-state index is 14.2. The third-order valence-corrected chi connectivity index (χ3v) is 5.47. The predicted molar refractivity (Wildman–Crippen MR) is 74.5 cm³/mol. The second kappa shape index (κ2) is 6.74. The highest BCUT2D eigenvalue weighted by atomic mass is 19.4. The number of aliphatic carboxylic acids is 1. The van der Waals surface area contributed by atoms with E-state index in [2.05, 4.69) is 4.74 Å². The fourth-order valence-electron chi connectivity index (χ4n) is 4.04. The van der Waals surface area contributed by atoms with Crippen molar-refractivity contribution in [3.05, 3.63) is 34.4 Å². The molecule has 2 atom stereocenters. The molecule has 1 fully saturated rings. The number of ether oxygens (including phenoxy) is 1. The quantitative estimate of drug-likeness (QED) is 0.529. The van der Waals surface area contributed by atoms with Crippen molar-refractivity contribution < 1.29 is 58.5 Å². The molecule has 0 spiro atoms. The molecule has 1 aliphatic carbocycles. The van der Waals surface area contributed by atoms with Crippen LogP contribution in [0.3, 0.4) is 0 Å². The summed E-state index contributed by atoms with van der Waals surface area (Å²) < 4.78 is 141. The topological polar surface area (TPSA) is 46.5 Å². The zero-order chi connectivity index (χ0) is 22.7. The van der Waals surface area contributed by atoms with E-state index in [4.69, 9.17) is 0 Å². The van der Waals surface area contributed by atoms with Crippen molar-refractivity contribution in [1.82, 2.24) is 0 Å². The number of carboxylic acid groups (broad SMARTS) is 1. The first-order valence-electron chi connectivity index (χ1n) is 7.73. The Kier molecular flexibility index (Phi) is 5.40. The summed E-state index contributed by atoms with van der Waals surface area (Å²) in [5.41, 5.74) is -11.9. The summed E-state index contributed by atoms with van der Waals surface area (Å²) >= 11 is 0. The number of alkyl halides is 6. The molecule has 2 unspecified atom stereocenters. The van der Waals surface area contributed by atoms with Crippen molar-refractivity contribution in [1.29, 1.82) is 0 Å². The first-order valence-corrected chi connectivity index (χ1v) is 7.73. The Morgan fingerprint density at radius 3 is 1.59 bits per heavy atom. The summed E-state index contributed by atoms with van der Waals surface area (Å²) in [6.45, 7) is -0.710. The van der Waals surface area contributed by atoms with Crippen LogP contribution in [0.15, 0.2) is 0 Å². The summed E-state index contributed by atoms with van der Waals surface area (Å²) in [7, 11) is 0.898. The largest absolute Gasteiger partial charge is 0.481 e. The molecule has 0 heterocycles. The number of hydrogen-bond acceptors (Lipinski definition) is 2. The first-order chi connectivity index (χ1) is 13.0. The van der Waals surface area contributed by atoms with E-state index in [0.717, 1.165) is 7.11 Å². The van der Waals surface area contributed by atoms with Crippen LogP contribution in [0.25, 0.3) is 0 Å². The van der Waals surface area contributed by atoms with Crippen LogP contribution in [0.5, 0.6) is 0 Å². The predicted octanol–water partition coefficient (Wildman–Crippen LogP) is 4.76. The standard InChI is InChI=1S/C16H12F10O3/c1-5-13(12(27)28,14(5,15(21,22)23)16(24,25)26)3-6-8(17)10(19)7(4-29-2)11(20)9(6)18/h5H,3-4H2,1-2H3,(H,27,28). The Labute approximate surface area is 156 Å². The zero-order valence-corrected chi connectivity index (χ0v) is 14.5. The van der Waals surface area contributed by atoms with E-state index in [1.165, 1.54) is 0 Å². The van der Waals surface area contributed by atoms with E-state index in [0.29, 0.717) is 0 Å². The van der Waals surface area contributed by atoms with Gasteiger partial charge in [0.1, 0.15) is 0 Å². The molecule has 2 rings (SSSR count). The molecular formula is C16H12F10O3. The molecule has 1 saturated carbocycles. The van der Waals surface area contributed by atoms with Crippen LogP contribution < -0.4 is 0 Å². The molecule has 1 aromatic carbocycles. The summed E-state index contributed by atoms with van der Waals surface area (Å²) in [6, 6.07) is 0. The van der Waals surface area contributed by atoms with Crippen LogP contribution in [-0.2, 0) is 22.6 Å². The van der Waals surface area contributed by atoms with Gasteiger partial charge in [0.25, 0.3) is 0 Å². The van der Waals surface area contributed by atoms with Gasteiger partial charge in [-0.2, -0.15) is 26.3 Å². The van der Waals surface area contributed by atoms with Gasteiger partial charge in [-0.25, -0.2) is 17.6 Å². The van der Waals surface area contributed by atoms with Crippen molar-refractivity contribution in [2.45, 2.75) is 32.3 Å². The van der Waals surface area contributed by atoms with Crippen molar-refractivity contribution in [3.63, 3.8) is 0 Å². The number of methoxy groups -OCH3 is 1. The maximum Gasteiger partial charge on any atom is 0.404 e. The molecule has 164 valence electrons. The van der Waals surface area contributed by atoms with Gasteiger partial charge >= 0.3 is 18.3 Å². The highest BCUT2D eigenvalue weighted by Gasteiger charge is 2.97. The van der Waals surface area contributed by atoms with Gasteiger partial charge in [-0.15, -0.1) is 0 Å². The molecule has 0 aliphatic heterocycles. The van der Waals surface area contributed by atoms with Gasteiger partial charge in [0.15, 0.2) is 28.7 Å². The lowest BCUT2D eigenvalue weighted by atomic mass is 9.84. The molecule has 0 bridgehead atoms. The average molecular weight is 442 g/mol. The number of carbonyl (C=O) groups is 1. The molecule has 1 aliphatic rings. The van der Waals surface area contributed by atoms with Crippen LogP contribution in [-0.4, -0.2) is 30.5 Å². The molecular weight excluding hydrogens is 430 g/mol. The van der Waals surface area contributed by atoms with E-state index in [1.54, 1.807) is 0 Å². The minimum Gasteiger partial charge on any atom is -0.481 e. The van der Waals surface area contributed by atoms with Crippen LogP contribution >= 0.6 is 0 Å². The molecule has 0 saturated heterocycles. The van der Waals surface area contributed by atoms with E-state index < -0.39 is 82.5 Å². The molecule has 0 radical (unpaired) electrons. The van der Waals surface area contributed by atoms with Gasteiger partial charge in [0.2, 0.25) is 0 Å². The molecule has 1 N–H and O–H groups in total. The fourth-order valence-corrected chi connectivity index (χ4v) is 4.04. The van der Waals surface area contributed by atoms with Crippen molar-refractivity contribution in [2.24, 2.45) is 16.7 Å². The second-order valence-corrected chi connectivity index (χ2v) is 6.62. The van der Waals surface area contributed by atoms with Crippen LogP contribution in [0.4, 0.5) is 43.9 Å². The number of halogens is 10. The number of hydrogen-bond donors (Lipinski definition) is 1. The molecule has 29 heavy (non-hydrogen) atoms. The Morgan fingerprint density at radius 2 is 1.31 bits per heavy atom. The smallest absolute Gasteiger partial charge is 0.404 e. The lowest BCUT2D eigenvalue weighted by Crippen LogP contribution is -2.46. The second-order valence-electron chi connectivity index (χ2n) is 6.62. The van der Waals surface area contributed by atoms with E-state index >= 15 is 0 Å². The minimum absolute atomic E-state index is 0.289.